The molecule has 38 heavy (non-hydrogen) atoms. The highest BCUT2D eigenvalue weighted by Gasteiger charge is 2.46. The quantitative estimate of drug-likeness (QED) is 0.223. The zero-order valence-electron chi connectivity index (χ0n) is 21.7. The van der Waals surface area contributed by atoms with Gasteiger partial charge in [-0.1, -0.05) is 48.5 Å². The van der Waals surface area contributed by atoms with E-state index in [0.717, 1.165) is 5.56 Å². The molecule has 8 nitrogen and oxygen atoms in total. The molecule has 1 aliphatic heterocycles. The number of hydrogen-bond acceptors (Lipinski definition) is 7. The van der Waals surface area contributed by atoms with Crippen molar-refractivity contribution in [3.63, 3.8) is 0 Å². The van der Waals surface area contributed by atoms with Crippen molar-refractivity contribution >= 4 is 17.4 Å². The van der Waals surface area contributed by atoms with Crippen molar-refractivity contribution in [3.8, 4) is 17.2 Å². The summed E-state index contributed by atoms with van der Waals surface area (Å²) >= 11 is 0. The number of likely N-dealkylation sites (tertiary alicyclic amines) is 1. The number of hydrogen-bond donors (Lipinski definition) is 1. The van der Waals surface area contributed by atoms with E-state index in [0.29, 0.717) is 41.6 Å². The first-order chi connectivity index (χ1) is 18.5. The minimum Gasteiger partial charge on any atom is -0.507 e. The van der Waals surface area contributed by atoms with Gasteiger partial charge in [0.15, 0.2) is 11.5 Å². The Balaban J connectivity index is 1.75. The zero-order chi connectivity index (χ0) is 27.1. The third-order valence-electron chi connectivity index (χ3n) is 6.24. The standard InChI is InChI=1S/C30H31NO7/c1-4-37-23-12-8-11-22(17-23)28(32)26-27(31(15-16-35-2)30(34)29(26)33)21-13-14-24(25(18-21)36-3)38-19-20-9-6-5-7-10-20/h5-14,17-18,27,32H,4,15-16,19H2,1-3H3. The number of ether oxygens (including phenoxy) is 4. The molecule has 0 radical (unpaired) electrons. The molecule has 4 rings (SSSR count). The minimum absolute atomic E-state index is 0.0141. The second-order valence-electron chi connectivity index (χ2n) is 8.63. The van der Waals surface area contributed by atoms with E-state index >= 15 is 0 Å². The lowest BCUT2D eigenvalue weighted by molar-refractivity contribution is -0.140. The number of amides is 1. The minimum atomic E-state index is -0.849. The van der Waals surface area contributed by atoms with Gasteiger partial charge in [-0.15, -0.1) is 0 Å². The summed E-state index contributed by atoms with van der Waals surface area (Å²) in [6.07, 6.45) is 0. The van der Waals surface area contributed by atoms with Gasteiger partial charge in [0.1, 0.15) is 18.1 Å². The fraction of sp³-hybridized carbons (Fsp3) is 0.267. The summed E-state index contributed by atoms with van der Waals surface area (Å²) in [7, 11) is 3.04. The van der Waals surface area contributed by atoms with Gasteiger partial charge in [-0.05, 0) is 42.3 Å². The second-order valence-corrected chi connectivity index (χ2v) is 8.63. The van der Waals surface area contributed by atoms with E-state index in [1.165, 1.54) is 19.1 Å². The van der Waals surface area contributed by atoms with Gasteiger partial charge in [0, 0.05) is 19.2 Å². The number of carbonyl (C=O) groups excluding carboxylic acids is 2. The predicted octanol–water partition coefficient (Wildman–Crippen LogP) is 4.74. The Bertz CT molecular complexity index is 1320. The Morgan fingerprint density at radius 2 is 1.71 bits per heavy atom. The highest BCUT2D eigenvalue weighted by atomic mass is 16.5. The number of rotatable bonds is 11. The van der Waals surface area contributed by atoms with Gasteiger partial charge < -0.3 is 29.0 Å². The molecule has 1 heterocycles. The lowest BCUT2D eigenvalue weighted by Crippen LogP contribution is -2.32. The number of carbonyl (C=O) groups is 2. The van der Waals surface area contributed by atoms with Gasteiger partial charge in [0.2, 0.25) is 0 Å². The van der Waals surface area contributed by atoms with Crippen LogP contribution in [-0.4, -0.2) is 55.7 Å². The van der Waals surface area contributed by atoms with Crippen LogP contribution in [-0.2, 0) is 20.9 Å². The van der Waals surface area contributed by atoms with Crippen molar-refractivity contribution in [2.75, 3.05) is 34.0 Å². The highest BCUT2D eigenvalue weighted by molar-refractivity contribution is 6.46. The van der Waals surface area contributed by atoms with Crippen molar-refractivity contribution in [3.05, 3.63) is 95.1 Å². The van der Waals surface area contributed by atoms with Gasteiger partial charge in [0.05, 0.1) is 31.9 Å². The van der Waals surface area contributed by atoms with Crippen LogP contribution in [0.5, 0.6) is 17.2 Å². The molecule has 0 aliphatic carbocycles. The fourth-order valence-corrected chi connectivity index (χ4v) is 4.41. The van der Waals surface area contributed by atoms with Gasteiger partial charge >= 0.3 is 0 Å². The van der Waals surface area contributed by atoms with Crippen LogP contribution in [0.15, 0.2) is 78.4 Å². The van der Waals surface area contributed by atoms with Crippen LogP contribution in [0.25, 0.3) is 5.76 Å². The molecule has 0 spiro atoms. The Labute approximate surface area is 222 Å². The van der Waals surface area contributed by atoms with Crippen LogP contribution >= 0.6 is 0 Å². The summed E-state index contributed by atoms with van der Waals surface area (Å²) in [6, 6.07) is 20.9. The van der Waals surface area contributed by atoms with Crippen LogP contribution < -0.4 is 14.2 Å². The van der Waals surface area contributed by atoms with E-state index in [1.807, 2.05) is 37.3 Å². The first-order valence-corrected chi connectivity index (χ1v) is 12.3. The molecular formula is C30H31NO7. The van der Waals surface area contributed by atoms with E-state index in [4.69, 9.17) is 18.9 Å². The van der Waals surface area contributed by atoms with Crippen LogP contribution in [0.3, 0.4) is 0 Å². The van der Waals surface area contributed by atoms with E-state index < -0.39 is 17.7 Å². The summed E-state index contributed by atoms with van der Waals surface area (Å²) < 4.78 is 22.3. The van der Waals surface area contributed by atoms with Gasteiger partial charge in [-0.3, -0.25) is 9.59 Å². The Morgan fingerprint density at radius 1 is 0.921 bits per heavy atom. The fourth-order valence-electron chi connectivity index (χ4n) is 4.41. The maximum Gasteiger partial charge on any atom is 0.295 e. The monoisotopic (exact) mass is 517 g/mol. The smallest absolute Gasteiger partial charge is 0.295 e. The Morgan fingerprint density at radius 3 is 2.42 bits per heavy atom. The zero-order valence-corrected chi connectivity index (χ0v) is 21.7. The summed E-state index contributed by atoms with van der Waals surface area (Å²) in [5, 5.41) is 11.3. The van der Waals surface area contributed by atoms with E-state index in [-0.39, 0.29) is 24.5 Å². The SMILES string of the molecule is CCOc1cccc(C(O)=C2C(=O)C(=O)N(CCOC)C2c2ccc(OCc3ccccc3)c(OC)c2)c1. The van der Waals surface area contributed by atoms with Crippen LogP contribution in [0.2, 0.25) is 0 Å². The molecule has 0 bridgehead atoms. The van der Waals surface area contributed by atoms with E-state index in [2.05, 4.69) is 0 Å². The molecule has 1 aliphatic rings. The van der Waals surface area contributed by atoms with Crippen molar-refractivity contribution < 1.29 is 33.6 Å². The van der Waals surface area contributed by atoms with Crippen molar-refractivity contribution in [1.29, 1.82) is 0 Å². The summed E-state index contributed by atoms with van der Waals surface area (Å²) in [4.78, 5) is 27.7. The third kappa shape index (κ3) is 5.65. The van der Waals surface area contributed by atoms with Crippen molar-refractivity contribution in [2.24, 2.45) is 0 Å². The van der Waals surface area contributed by atoms with Gasteiger partial charge in [0.25, 0.3) is 11.7 Å². The molecule has 1 unspecified atom stereocenters. The summed E-state index contributed by atoms with van der Waals surface area (Å²) in [5.74, 6) is -0.263. The summed E-state index contributed by atoms with van der Waals surface area (Å²) in [5.41, 5.74) is 1.95. The predicted molar refractivity (Wildman–Crippen MR) is 142 cm³/mol. The molecule has 1 saturated heterocycles. The third-order valence-corrected chi connectivity index (χ3v) is 6.24. The van der Waals surface area contributed by atoms with Crippen molar-refractivity contribution in [2.45, 2.75) is 19.6 Å². The number of aliphatic hydroxyl groups excluding tert-OH is 1. The number of benzene rings is 3. The molecule has 8 heteroatoms. The Hall–Kier alpha value is -4.30. The number of methoxy groups -OCH3 is 2. The number of Topliss-reactive ketones (excluding diaryl/α,β-unsaturated/α-hetero) is 1. The van der Waals surface area contributed by atoms with Crippen LogP contribution in [0.1, 0.15) is 29.7 Å². The van der Waals surface area contributed by atoms with Crippen LogP contribution in [0.4, 0.5) is 0 Å². The molecular weight excluding hydrogens is 486 g/mol. The summed E-state index contributed by atoms with van der Waals surface area (Å²) in [6.45, 7) is 3.03. The van der Waals surface area contributed by atoms with Gasteiger partial charge in [-0.25, -0.2) is 0 Å². The molecule has 0 aromatic heterocycles. The number of ketones is 1. The average Bonchev–Trinajstić information content (AvgIpc) is 3.20. The molecule has 0 saturated carbocycles. The van der Waals surface area contributed by atoms with Crippen molar-refractivity contribution in [1.82, 2.24) is 4.90 Å². The molecule has 198 valence electrons. The number of aliphatic hydroxyl groups is 1. The second kappa shape index (κ2) is 12.3. The molecule has 3 aromatic carbocycles. The Kier molecular flexibility index (Phi) is 8.66. The number of nitrogens with zero attached hydrogens (tertiary/aromatic N) is 1. The lowest BCUT2D eigenvalue weighted by Gasteiger charge is -2.25. The highest BCUT2D eigenvalue weighted by Crippen LogP contribution is 2.42. The molecule has 1 fully saturated rings. The first kappa shape index (κ1) is 26.8. The largest absolute Gasteiger partial charge is 0.507 e. The van der Waals surface area contributed by atoms with Crippen LogP contribution in [0, 0.1) is 0 Å². The average molecular weight is 518 g/mol. The van der Waals surface area contributed by atoms with E-state index in [9.17, 15) is 14.7 Å². The maximum absolute atomic E-state index is 13.2. The van der Waals surface area contributed by atoms with E-state index in [1.54, 1.807) is 42.5 Å². The molecule has 1 N–H and O–H groups in total. The lowest BCUT2D eigenvalue weighted by atomic mass is 9.95. The first-order valence-electron chi connectivity index (χ1n) is 12.3. The molecule has 3 aromatic rings. The van der Waals surface area contributed by atoms with Gasteiger partial charge in [-0.2, -0.15) is 0 Å². The topological polar surface area (TPSA) is 94.5 Å². The molecule has 1 amide bonds. The molecule has 1 atom stereocenters. The maximum atomic E-state index is 13.2. The normalized spacial score (nSPS) is 16.5.